The molecule has 1 aromatic heterocycles. The van der Waals surface area contributed by atoms with Crippen molar-refractivity contribution in [3.63, 3.8) is 0 Å². The fourth-order valence-corrected chi connectivity index (χ4v) is 4.02. The number of halogens is 1. The van der Waals surface area contributed by atoms with Crippen LogP contribution in [0, 0.1) is 11.3 Å². The van der Waals surface area contributed by atoms with E-state index in [1.165, 1.54) is 22.2 Å². The number of fused-ring (bicyclic) bond motifs is 2. The molecule has 0 bridgehead atoms. The lowest BCUT2D eigenvalue weighted by molar-refractivity contribution is 0.0932. The Labute approximate surface area is 183 Å². The van der Waals surface area contributed by atoms with Gasteiger partial charge in [0, 0.05) is 18.4 Å². The molecule has 154 valence electrons. The van der Waals surface area contributed by atoms with Crippen molar-refractivity contribution in [1.82, 2.24) is 15.3 Å². The Morgan fingerprint density at radius 3 is 3.03 bits per heavy atom. The predicted molar refractivity (Wildman–Crippen MR) is 116 cm³/mol. The normalized spacial score (nSPS) is 14.8. The second-order valence-electron chi connectivity index (χ2n) is 7.20. The average Bonchev–Trinajstić information content (AvgIpc) is 2.79. The molecule has 0 spiro atoms. The third-order valence-electron chi connectivity index (χ3n) is 5.29. The molecule has 0 atom stereocenters. The van der Waals surface area contributed by atoms with Gasteiger partial charge in [0.25, 0.3) is 5.91 Å². The van der Waals surface area contributed by atoms with Crippen LogP contribution in [0.3, 0.4) is 0 Å². The fourth-order valence-electron chi connectivity index (χ4n) is 3.75. The lowest BCUT2D eigenvalue weighted by atomic mass is 10.0. The van der Waals surface area contributed by atoms with E-state index < -0.39 is 0 Å². The molecule has 5 rings (SSSR count). The van der Waals surface area contributed by atoms with Gasteiger partial charge >= 0.3 is 0 Å². The van der Waals surface area contributed by atoms with E-state index >= 15 is 0 Å². The summed E-state index contributed by atoms with van der Waals surface area (Å²) in [4.78, 5) is 23.0. The molecule has 2 aliphatic heterocycles. The van der Waals surface area contributed by atoms with Gasteiger partial charge in [0.2, 0.25) is 11.8 Å². The first kappa shape index (κ1) is 19.3. The highest BCUT2D eigenvalue weighted by atomic mass is 35.5. The van der Waals surface area contributed by atoms with E-state index in [1.54, 1.807) is 18.2 Å². The van der Waals surface area contributed by atoms with Crippen molar-refractivity contribution >= 4 is 34.8 Å². The molecule has 0 fully saturated rings. The average molecular weight is 433 g/mol. The number of benzene rings is 2. The maximum Gasteiger partial charge on any atom is 0.268 e. The smallest absolute Gasteiger partial charge is 0.268 e. The number of nitrogens with zero attached hydrogens (tertiary/aromatic N) is 4. The number of carbonyl (C=O) groups excluding carboxylic acids is 1. The van der Waals surface area contributed by atoms with Gasteiger partial charge in [0.1, 0.15) is 11.6 Å². The largest absolute Gasteiger partial charge is 0.455 e. The molecule has 2 aliphatic rings. The summed E-state index contributed by atoms with van der Waals surface area (Å²) in [5.41, 5.74) is 4.24. The summed E-state index contributed by atoms with van der Waals surface area (Å²) < 4.78 is 5.72. The van der Waals surface area contributed by atoms with Crippen molar-refractivity contribution < 1.29 is 9.53 Å². The Kier molecular flexibility index (Phi) is 4.90. The second kappa shape index (κ2) is 7.87. The Bertz CT molecular complexity index is 1240. The van der Waals surface area contributed by atoms with Crippen LogP contribution in [0.5, 0.6) is 5.88 Å². The first-order chi connectivity index (χ1) is 15.1. The summed E-state index contributed by atoms with van der Waals surface area (Å²) in [5.74, 6) is 0.139. The van der Waals surface area contributed by atoms with E-state index in [-0.39, 0.29) is 29.6 Å². The molecular formula is C22H17ClN6O2. The van der Waals surface area contributed by atoms with Crippen molar-refractivity contribution in [2.45, 2.75) is 13.0 Å². The summed E-state index contributed by atoms with van der Waals surface area (Å²) >= 11 is 6.25. The van der Waals surface area contributed by atoms with E-state index in [1.807, 2.05) is 6.07 Å². The highest BCUT2D eigenvalue weighted by Crippen LogP contribution is 2.34. The summed E-state index contributed by atoms with van der Waals surface area (Å²) in [6.07, 6.45) is 2.43. The van der Waals surface area contributed by atoms with Crippen LogP contribution in [0.1, 0.15) is 27.0 Å². The van der Waals surface area contributed by atoms with Gasteiger partial charge in [0.05, 0.1) is 16.3 Å². The number of carbonyl (C=O) groups is 1. The number of aromatic nitrogens is 2. The zero-order valence-corrected chi connectivity index (χ0v) is 17.1. The molecule has 1 amide bonds. The van der Waals surface area contributed by atoms with E-state index in [4.69, 9.17) is 16.3 Å². The van der Waals surface area contributed by atoms with Crippen LogP contribution in [0.25, 0.3) is 0 Å². The first-order valence-electron chi connectivity index (χ1n) is 9.74. The Balaban J connectivity index is 1.41. The quantitative estimate of drug-likeness (QED) is 0.653. The SMILES string of the molecule is N#Cc1cccc(Cl)c1N1COc2nc(Nc3ccc4c(c3)CNCC4)ncc2C1=O. The monoisotopic (exact) mass is 432 g/mol. The van der Waals surface area contributed by atoms with Gasteiger partial charge in [-0.3, -0.25) is 9.69 Å². The lowest BCUT2D eigenvalue weighted by Gasteiger charge is -2.29. The van der Waals surface area contributed by atoms with Crippen LogP contribution in [-0.4, -0.2) is 29.2 Å². The van der Waals surface area contributed by atoms with Crippen molar-refractivity contribution in [1.29, 1.82) is 5.26 Å². The number of hydrogen-bond donors (Lipinski definition) is 2. The Morgan fingerprint density at radius 2 is 2.16 bits per heavy atom. The molecule has 2 aromatic carbocycles. The van der Waals surface area contributed by atoms with Crippen LogP contribution in [0.2, 0.25) is 5.02 Å². The van der Waals surface area contributed by atoms with E-state index in [2.05, 4.69) is 38.8 Å². The van der Waals surface area contributed by atoms with Gasteiger partial charge < -0.3 is 15.4 Å². The third-order valence-corrected chi connectivity index (χ3v) is 5.59. The number of nitrogens with one attached hydrogen (secondary N) is 2. The molecule has 0 saturated heterocycles. The van der Waals surface area contributed by atoms with Crippen molar-refractivity contribution in [3.05, 3.63) is 69.9 Å². The van der Waals surface area contributed by atoms with Crippen molar-refractivity contribution in [3.8, 4) is 11.9 Å². The van der Waals surface area contributed by atoms with E-state index in [0.717, 1.165) is 25.2 Å². The van der Waals surface area contributed by atoms with Crippen molar-refractivity contribution in [2.24, 2.45) is 0 Å². The molecule has 31 heavy (non-hydrogen) atoms. The van der Waals surface area contributed by atoms with Crippen LogP contribution in [-0.2, 0) is 13.0 Å². The predicted octanol–water partition coefficient (Wildman–Crippen LogP) is 3.39. The molecule has 9 heteroatoms. The number of amides is 1. The minimum atomic E-state index is -0.378. The molecule has 0 saturated carbocycles. The number of ether oxygens (including phenoxy) is 1. The number of rotatable bonds is 3. The fraction of sp³-hybridized carbons (Fsp3) is 0.182. The maximum absolute atomic E-state index is 13.0. The maximum atomic E-state index is 13.0. The van der Waals surface area contributed by atoms with E-state index in [0.29, 0.717) is 16.7 Å². The summed E-state index contributed by atoms with van der Waals surface area (Å²) in [6, 6.07) is 13.1. The second-order valence-corrected chi connectivity index (χ2v) is 7.61. The molecule has 0 aliphatic carbocycles. The lowest BCUT2D eigenvalue weighted by Crippen LogP contribution is -2.40. The molecule has 0 radical (unpaired) electrons. The van der Waals surface area contributed by atoms with Crippen LogP contribution < -0.4 is 20.3 Å². The molecule has 3 aromatic rings. The zero-order chi connectivity index (χ0) is 21.4. The number of anilines is 3. The highest BCUT2D eigenvalue weighted by molar-refractivity contribution is 6.34. The molecule has 3 heterocycles. The van der Waals surface area contributed by atoms with Gasteiger partial charge in [-0.1, -0.05) is 23.7 Å². The van der Waals surface area contributed by atoms with Crippen LogP contribution in [0.15, 0.2) is 42.6 Å². The topological polar surface area (TPSA) is 103 Å². The van der Waals surface area contributed by atoms with Crippen LogP contribution in [0.4, 0.5) is 17.3 Å². The van der Waals surface area contributed by atoms with Gasteiger partial charge in [-0.15, -0.1) is 0 Å². The Morgan fingerprint density at radius 1 is 1.26 bits per heavy atom. The summed E-state index contributed by atoms with van der Waals surface area (Å²) in [7, 11) is 0. The summed E-state index contributed by atoms with van der Waals surface area (Å²) in [5, 5.41) is 16.2. The summed E-state index contributed by atoms with van der Waals surface area (Å²) in [6.45, 7) is 1.71. The molecule has 8 nitrogen and oxygen atoms in total. The molecular weight excluding hydrogens is 416 g/mol. The third kappa shape index (κ3) is 3.54. The Hall–Kier alpha value is -3.67. The highest BCUT2D eigenvalue weighted by Gasteiger charge is 2.31. The van der Waals surface area contributed by atoms with Gasteiger partial charge in [-0.2, -0.15) is 10.2 Å². The first-order valence-corrected chi connectivity index (χ1v) is 10.1. The standard InChI is InChI=1S/C22H17ClN6O2/c23-18-3-1-2-14(9-24)19(18)29-12-31-20-17(21(29)30)11-26-22(28-20)27-16-5-4-13-6-7-25-10-15(13)8-16/h1-5,8,11,25H,6-7,10,12H2,(H,26,27,28). The van der Waals surface area contributed by atoms with Crippen molar-refractivity contribution in [2.75, 3.05) is 23.5 Å². The minimum Gasteiger partial charge on any atom is -0.455 e. The van der Waals surface area contributed by atoms with Gasteiger partial charge in [-0.05, 0) is 48.4 Å². The number of para-hydroxylation sites is 1. The molecule has 0 unspecified atom stereocenters. The van der Waals surface area contributed by atoms with E-state index in [9.17, 15) is 10.1 Å². The number of hydrogen-bond acceptors (Lipinski definition) is 7. The zero-order valence-electron chi connectivity index (χ0n) is 16.4. The minimum absolute atomic E-state index is 0.106. The van der Waals surface area contributed by atoms with Crippen LogP contribution >= 0.6 is 11.6 Å². The van der Waals surface area contributed by atoms with Gasteiger partial charge in [-0.25, -0.2) is 4.98 Å². The van der Waals surface area contributed by atoms with Gasteiger partial charge in [0.15, 0.2) is 6.73 Å². The molecule has 2 N–H and O–H groups in total. The number of nitriles is 1.